The minimum Gasteiger partial charge on any atom is -0.508 e. The van der Waals surface area contributed by atoms with Gasteiger partial charge in [-0.1, -0.05) is 0 Å². The highest BCUT2D eigenvalue weighted by Gasteiger charge is 2.19. The zero-order valence-corrected chi connectivity index (χ0v) is 10.5. The molecule has 2 aromatic rings. The Kier molecular flexibility index (Phi) is 3.06. The van der Waals surface area contributed by atoms with Gasteiger partial charge in [0, 0.05) is 7.05 Å². The van der Waals surface area contributed by atoms with Crippen LogP contribution in [0.3, 0.4) is 0 Å². The van der Waals surface area contributed by atoms with E-state index < -0.39 is 0 Å². The summed E-state index contributed by atoms with van der Waals surface area (Å²) in [6, 6.07) is 6.29. The summed E-state index contributed by atoms with van der Waals surface area (Å²) in [6.45, 7) is 3.24. The second kappa shape index (κ2) is 4.52. The monoisotopic (exact) mass is 246 g/mol. The number of phenolic OH excluding ortho intramolecular Hbond substituents is 1. The van der Waals surface area contributed by atoms with Crippen LogP contribution >= 0.6 is 0 Å². The number of ether oxygens (including phenoxy) is 1. The lowest BCUT2D eigenvalue weighted by Crippen LogP contribution is -1.99. The van der Waals surface area contributed by atoms with Gasteiger partial charge in [0.1, 0.15) is 17.1 Å². The molecule has 0 saturated heterocycles. The van der Waals surface area contributed by atoms with Crippen LogP contribution in [-0.4, -0.2) is 20.7 Å². The highest BCUT2D eigenvalue weighted by atomic mass is 16.5. The molecule has 1 aromatic carbocycles. The SMILES string of the molecule is CC(=O)c1c(C)nn(C)c1Oc1ccc(O)cc1. The maximum absolute atomic E-state index is 11.6. The third kappa shape index (κ3) is 2.20. The van der Waals surface area contributed by atoms with E-state index in [2.05, 4.69) is 5.10 Å². The molecule has 1 aromatic heterocycles. The molecule has 0 unspecified atom stereocenters. The van der Waals surface area contributed by atoms with Crippen LogP contribution < -0.4 is 4.74 Å². The van der Waals surface area contributed by atoms with E-state index in [4.69, 9.17) is 4.74 Å². The van der Waals surface area contributed by atoms with Crippen molar-refractivity contribution in [3.8, 4) is 17.4 Å². The molecule has 18 heavy (non-hydrogen) atoms. The van der Waals surface area contributed by atoms with Crippen LogP contribution in [0.2, 0.25) is 0 Å². The summed E-state index contributed by atoms with van der Waals surface area (Å²) < 4.78 is 7.17. The van der Waals surface area contributed by atoms with Gasteiger partial charge >= 0.3 is 0 Å². The van der Waals surface area contributed by atoms with Crippen LogP contribution in [0.1, 0.15) is 23.0 Å². The number of aromatic hydroxyl groups is 1. The minimum atomic E-state index is -0.0885. The average Bonchev–Trinajstić information content (AvgIpc) is 2.57. The molecule has 0 atom stereocenters. The predicted molar refractivity (Wildman–Crippen MR) is 66.1 cm³/mol. The molecule has 0 radical (unpaired) electrons. The van der Waals surface area contributed by atoms with Gasteiger partial charge in [0.25, 0.3) is 0 Å². The van der Waals surface area contributed by atoms with E-state index in [0.717, 1.165) is 0 Å². The van der Waals surface area contributed by atoms with Gasteiger partial charge in [0.05, 0.1) is 5.69 Å². The summed E-state index contributed by atoms with van der Waals surface area (Å²) in [7, 11) is 1.72. The first kappa shape index (κ1) is 12.2. The molecule has 0 fully saturated rings. The van der Waals surface area contributed by atoms with Crippen LogP contribution in [0.5, 0.6) is 17.4 Å². The van der Waals surface area contributed by atoms with Gasteiger partial charge in [0.15, 0.2) is 5.78 Å². The van der Waals surface area contributed by atoms with Crippen molar-refractivity contribution in [2.75, 3.05) is 0 Å². The van der Waals surface area contributed by atoms with Crippen LogP contribution in [0.15, 0.2) is 24.3 Å². The Labute approximate surface area is 105 Å². The Balaban J connectivity index is 2.39. The van der Waals surface area contributed by atoms with Crippen molar-refractivity contribution in [1.82, 2.24) is 9.78 Å². The number of hydrogen-bond acceptors (Lipinski definition) is 4. The lowest BCUT2D eigenvalue weighted by atomic mass is 10.2. The first-order chi connectivity index (χ1) is 8.49. The van der Waals surface area contributed by atoms with E-state index in [1.807, 2.05) is 0 Å². The van der Waals surface area contributed by atoms with E-state index in [-0.39, 0.29) is 11.5 Å². The van der Waals surface area contributed by atoms with Gasteiger partial charge in [-0.15, -0.1) is 0 Å². The molecule has 1 N–H and O–H groups in total. The maximum Gasteiger partial charge on any atom is 0.228 e. The predicted octanol–water partition coefficient (Wildman–Crippen LogP) is 2.43. The van der Waals surface area contributed by atoms with Crippen molar-refractivity contribution in [3.05, 3.63) is 35.5 Å². The molecule has 0 spiro atoms. The number of rotatable bonds is 3. The molecule has 0 amide bonds. The molecule has 2 rings (SSSR count). The smallest absolute Gasteiger partial charge is 0.228 e. The standard InChI is InChI=1S/C13H14N2O3/c1-8-12(9(2)16)13(15(3)14-8)18-11-6-4-10(17)5-7-11/h4-7,17H,1-3H3. The van der Waals surface area contributed by atoms with E-state index in [9.17, 15) is 9.90 Å². The lowest BCUT2D eigenvalue weighted by Gasteiger charge is -2.07. The number of aryl methyl sites for hydroxylation is 2. The molecule has 5 heteroatoms. The molecular weight excluding hydrogens is 232 g/mol. The van der Waals surface area contributed by atoms with Crippen molar-refractivity contribution < 1.29 is 14.6 Å². The molecule has 0 aliphatic rings. The van der Waals surface area contributed by atoms with Crippen LogP contribution in [0.4, 0.5) is 0 Å². The topological polar surface area (TPSA) is 64.4 Å². The number of phenols is 1. The lowest BCUT2D eigenvalue weighted by molar-refractivity contribution is 0.101. The number of Topliss-reactive ketones (excluding diaryl/α,β-unsaturated/α-hetero) is 1. The van der Waals surface area contributed by atoms with Gasteiger partial charge in [-0.25, -0.2) is 4.68 Å². The normalized spacial score (nSPS) is 10.4. The van der Waals surface area contributed by atoms with Gasteiger partial charge < -0.3 is 9.84 Å². The number of aromatic nitrogens is 2. The van der Waals surface area contributed by atoms with Crippen LogP contribution in [0.25, 0.3) is 0 Å². The zero-order valence-electron chi connectivity index (χ0n) is 10.5. The summed E-state index contributed by atoms with van der Waals surface area (Å²) in [5, 5.41) is 13.4. The van der Waals surface area contributed by atoms with Crippen LogP contribution in [-0.2, 0) is 7.05 Å². The molecular formula is C13H14N2O3. The molecule has 5 nitrogen and oxygen atoms in total. The zero-order chi connectivity index (χ0) is 13.3. The number of benzene rings is 1. The Morgan fingerprint density at radius 3 is 2.50 bits per heavy atom. The van der Waals surface area contributed by atoms with E-state index >= 15 is 0 Å². The second-order valence-corrected chi connectivity index (χ2v) is 4.04. The van der Waals surface area contributed by atoms with Crippen molar-refractivity contribution in [1.29, 1.82) is 0 Å². The summed E-state index contributed by atoms with van der Waals surface area (Å²) in [5.41, 5.74) is 1.12. The Morgan fingerprint density at radius 1 is 1.33 bits per heavy atom. The number of ketones is 1. The number of carbonyl (C=O) groups is 1. The van der Waals surface area contributed by atoms with Crippen molar-refractivity contribution >= 4 is 5.78 Å². The minimum absolute atomic E-state index is 0.0885. The highest BCUT2D eigenvalue weighted by Crippen LogP contribution is 2.28. The second-order valence-electron chi connectivity index (χ2n) is 4.04. The van der Waals surface area contributed by atoms with Gasteiger partial charge in [-0.3, -0.25) is 4.79 Å². The summed E-state index contributed by atoms with van der Waals surface area (Å²) in [6.07, 6.45) is 0. The first-order valence-corrected chi connectivity index (χ1v) is 5.50. The fourth-order valence-electron chi connectivity index (χ4n) is 1.79. The van der Waals surface area contributed by atoms with Crippen molar-refractivity contribution in [2.45, 2.75) is 13.8 Å². The number of nitrogens with zero attached hydrogens (tertiary/aromatic N) is 2. The molecule has 94 valence electrons. The Hall–Kier alpha value is -2.30. The molecule has 0 saturated carbocycles. The van der Waals surface area contributed by atoms with Crippen molar-refractivity contribution in [2.24, 2.45) is 7.05 Å². The summed E-state index contributed by atoms with van der Waals surface area (Å²) >= 11 is 0. The van der Waals surface area contributed by atoms with Crippen molar-refractivity contribution in [3.63, 3.8) is 0 Å². The number of hydrogen-bond donors (Lipinski definition) is 1. The Bertz CT molecular complexity index is 585. The third-order valence-corrected chi connectivity index (χ3v) is 2.57. The largest absolute Gasteiger partial charge is 0.508 e. The van der Waals surface area contributed by atoms with E-state index in [1.165, 1.54) is 23.7 Å². The van der Waals surface area contributed by atoms with Crippen LogP contribution in [0, 0.1) is 6.92 Å². The Morgan fingerprint density at radius 2 is 1.94 bits per heavy atom. The fourth-order valence-corrected chi connectivity index (χ4v) is 1.79. The molecule has 0 aliphatic carbocycles. The van der Waals surface area contributed by atoms with Gasteiger partial charge in [-0.2, -0.15) is 5.10 Å². The molecule has 1 heterocycles. The maximum atomic E-state index is 11.6. The molecule has 0 aliphatic heterocycles. The van der Waals surface area contributed by atoms with Gasteiger partial charge in [-0.05, 0) is 38.1 Å². The molecule has 0 bridgehead atoms. The van der Waals surface area contributed by atoms with E-state index in [0.29, 0.717) is 22.9 Å². The van der Waals surface area contributed by atoms with Gasteiger partial charge in [0.2, 0.25) is 5.88 Å². The van der Waals surface area contributed by atoms with E-state index in [1.54, 1.807) is 26.1 Å². The first-order valence-electron chi connectivity index (χ1n) is 5.50. The summed E-state index contributed by atoms with van der Waals surface area (Å²) in [5.74, 6) is 1.02. The average molecular weight is 246 g/mol. The number of carbonyl (C=O) groups excluding carboxylic acids is 1. The third-order valence-electron chi connectivity index (χ3n) is 2.57. The highest BCUT2D eigenvalue weighted by molar-refractivity contribution is 5.97. The summed E-state index contributed by atoms with van der Waals surface area (Å²) in [4.78, 5) is 11.6. The quantitative estimate of drug-likeness (QED) is 0.845. The fraction of sp³-hybridized carbons (Fsp3) is 0.231.